The van der Waals surface area contributed by atoms with Gasteiger partial charge in [-0.25, -0.2) is 0 Å². The summed E-state index contributed by atoms with van der Waals surface area (Å²) in [6.07, 6.45) is 4.94. The van der Waals surface area contributed by atoms with Crippen molar-refractivity contribution >= 4 is 11.4 Å². The minimum Gasteiger partial charge on any atom is -0.385 e. The van der Waals surface area contributed by atoms with Gasteiger partial charge in [0.1, 0.15) is 0 Å². The van der Waals surface area contributed by atoms with Gasteiger partial charge in [-0.2, -0.15) is 0 Å². The van der Waals surface area contributed by atoms with Crippen molar-refractivity contribution in [2.45, 2.75) is 6.42 Å². The zero-order chi connectivity index (χ0) is 10.5. The van der Waals surface area contributed by atoms with Gasteiger partial charge < -0.3 is 15.5 Å². The average molecular weight is 206 g/mol. The molecule has 82 valence electrons. The minimum absolute atomic E-state index is 1.06. The van der Waals surface area contributed by atoms with Crippen LogP contribution in [-0.4, -0.2) is 38.2 Å². The Labute approximate surface area is 90.7 Å². The van der Waals surface area contributed by atoms with E-state index in [9.17, 15) is 0 Å². The first-order valence-electron chi connectivity index (χ1n) is 5.49. The lowest BCUT2D eigenvalue weighted by Gasteiger charge is -2.24. The molecule has 0 bridgehead atoms. The monoisotopic (exact) mass is 206 g/mol. The lowest BCUT2D eigenvalue weighted by Crippen LogP contribution is -2.28. The molecule has 0 aliphatic carbocycles. The molecule has 4 nitrogen and oxygen atoms in total. The zero-order valence-corrected chi connectivity index (χ0v) is 9.16. The van der Waals surface area contributed by atoms with Crippen LogP contribution in [0.25, 0.3) is 0 Å². The van der Waals surface area contributed by atoms with Crippen molar-refractivity contribution in [2.24, 2.45) is 0 Å². The number of nitrogens with zero attached hydrogens (tertiary/aromatic N) is 2. The zero-order valence-electron chi connectivity index (χ0n) is 9.16. The molecule has 1 aromatic rings. The topological polar surface area (TPSA) is 40.2 Å². The highest BCUT2D eigenvalue weighted by atomic mass is 15.2. The highest BCUT2D eigenvalue weighted by Crippen LogP contribution is 2.24. The summed E-state index contributed by atoms with van der Waals surface area (Å²) in [5, 5.41) is 6.60. The van der Waals surface area contributed by atoms with Crippen LogP contribution in [0.4, 0.5) is 11.4 Å². The van der Waals surface area contributed by atoms with Gasteiger partial charge in [0.15, 0.2) is 0 Å². The van der Waals surface area contributed by atoms with Gasteiger partial charge in [-0.05, 0) is 19.0 Å². The first-order valence-corrected chi connectivity index (χ1v) is 5.49. The van der Waals surface area contributed by atoms with Crippen LogP contribution in [0.3, 0.4) is 0 Å². The predicted octanol–water partition coefficient (Wildman–Crippen LogP) is 0.923. The third-order valence-electron chi connectivity index (χ3n) is 2.75. The molecule has 1 saturated heterocycles. The number of rotatable bonds is 2. The van der Waals surface area contributed by atoms with E-state index >= 15 is 0 Å². The van der Waals surface area contributed by atoms with E-state index in [-0.39, 0.29) is 0 Å². The van der Waals surface area contributed by atoms with Gasteiger partial charge in [0.2, 0.25) is 0 Å². The van der Waals surface area contributed by atoms with Crippen molar-refractivity contribution in [1.29, 1.82) is 0 Å². The van der Waals surface area contributed by atoms with Gasteiger partial charge in [0, 0.05) is 32.9 Å². The Balaban J connectivity index is 2.18. The van der Waals surface area contributed by atoms with E-state index in [1.807, 2.05) is 19.4 Å². The Kier molecular flexibility index (Phi) is 3.40. The van der Waals surface area contributed by atoms with E-state index in [4.69, 9.17) is 0 Å². The van der Waals surface area contributed by atoms with Gasteiger partial charge in [0.25, 0.3) is 0 Å². The first kappa shape index (κ1) is 10.2. The molecule has 2 N–H and O–H groups in total. The van der Waals surface area contributed by atoms with Gasteiger partial charge >= 0.3 is 0 Å². The Morgan fingerprint density at radius 3 is 3.20 bits per heavy atom. The van der Waals surface area contributed by atoms with Crippen LogP contribution in [0.2, 0.25) is 0 Å². The fourth-order valence-corrected chi connectivity index (χ4v) is 1.94. The third kappa shape index (κ3) is 2.39. The van der Waals surface area contributed by atoms with E-state index in [1.165, 1.54) is 12.1 Å². The van der Waals surface area contributed by atoms with Crippen LogP contribution < -0.4 is 15.5 Å². The molecule has 2 heterocycles. The van der Waals surface area contributed by atoms with E-state index < -0.39 is 0 Å². The maximum absolute atomic E-state index is 4.13. The summed E-state index contributed by atoms with van der Waals surface area (Å²) < 4.78 is 0. The Morgan fingerprint density at radius 1 is 1.40 bits per heavy atom. The Morgan fingerprint density at radius 2 is 2.33 bits per heavy atom. The number of anilines is 2. The number of hydrogen-bond acceptors (Lipinski definition) is 4. The molecule has 1 fully saturated rings. The Hall–Kier alpha value is -1.29. The van der Waals surface area contributed by atoms with Crippen LogP contribution in [0.15, 0.2) is 18.5 Å². The second-order valence-corrected chi connectivity index (χ2v) is 3.73. The van der Waals surface area contributed by atoms with Crippen molar-refractivity contribution < 1.29 is 0 Å². The highest BCUT2D eigenvalue weighted by Gasteiger charge is 2.12. The predicted molar refractivity (Wildman–Crippen MR) is 63.5 cm³/mol. The van der Waals surface area contributed by atoms with Gasteiger partial charge in [0.05, 0.1) is 17.6 Å². The average Bonchev–Trinajstić information content (AvgIpc) is 2.57. The summed E-state index contributed by atoms with van der Waals surface area (Å²) in [4.78, 5) is 6.54. The molecule has 1 aliphatic rings. The largest absolute Gasteiger partial charge is 0.385 e. The maximum atomic E-state index is 4.13. The first-order chi connectivity index (χ1) is 7.42. The van der Waals surface area contributed by atoms with Crippen LogP contribution in [-0.2, 0) is 0 Å². The van der Waals surface area contributed by atoms with Crippen molar-refractivity contribution in [3.8, 4) is 0 Å². The second kappa shape index (κ2) is 4.98. The van der Waals surface area contributed by atoms with Gasteiger partial charge in [-0.1, -0.05) is 0 Å². The lowest BCUT2D eigenvalue weighted by atomic mass is 10.3. The van der Waals surface area contributed by atoms with Crippen LogP contribution >= 0.6 is 0 Å². The summed E-state index contributed by atoms with van der Waals surface area (Å²) >= 11 is 0. The van der Waals surface area contributed by atoms with E-state index in [0.29, 0.717) is 0 Å². The number of nitrogens with one attached hydrogen (secondary N) is 2. The molecule has 0 unspecified atom stereocenters. The molecule has 0 spiro atoms. The van der Waals surface area contributed by atoms with Crippen LogP contribution in [0.5, 0.6) is 0 Å². The number of hydrogen-bond donors (Lipinski definition) is 2. The molecule has 2 rings (SSSR count). The SMILES string of the molecule is CNc1cnccc1N1CCCNCC1. The normalized spacial score (nSPS) is 17.3. The quantitative estimate of drug-likeness (QED) is 0.755. The number of aromatic nitrogens is 1. The van der Waals surface area contributed by atoms with Gasteiger partial charge in [-0.3, -0.25) is 4.98 Å². The molecule has 0 saturated carbocycles. The fraction of sp³-hybridized carbons (Fsp3) is 0.545. The van der Waals surface area contributed by atoms with Crippen molar-refractivity contribution in [2.75, 3.05) is 43.4 Å². The minimum atomic E-state index is 1.06. The highest BCUT2D eigenvalue weighted by molar-refractivity contribution is 5.68. The van der Waals surface area contributed by atoms with Crippen LogP contribution in [0, 0.1) is 0 Å². The summed E-state index contributed by atoms with van der Waals surface area (Å²) in [6, 6.07) is 2.08. The summed E-state index contributed by atoms with van der Waals surface area (Å²) in [6.45, 7) is 4.37. The van der Waals surface area contributed by atoms with Crippen molar-refractivity contribution in [3.63, 3.8) is 0 Å². The van der Waals surface area contributed by atoms with E-state index in [0.717, 1.165) is 31.9 Å². The molecular weight excluding hydrogens is 188 g/mol. The fourth-order valence-electron chi connectivity index (χ4n) is 1.94. The standard InChI is InChI=1S/C11H18N4/c1-12-10-9-14-5-3-11(10)15-7-2-4-13-6-8-15/h3,5,9,12-13H,2,4,6-8H2,1H3. The van der Waals surface area contributed by atoms with Crippen molar-refractivity contribution in [3.05, 3.63) is 18.5 Å². The smallest absolute Gasteiger partial charge is 0.0761 e. The summed E-state index contributed by atoms with van der Waals surface area (Å²) in [5.41, 5.74) is 2.37. The third-order valence-corrected chi connectivity index (χ3v) is 2.75. The summed E-state index contributed by atoms with van der Waals surface area (Å²) in [7, 11) is 1.94. The Bertz CT molecular complexity index is 305. The molecular formula is C11H18N4. The lowest BCUT2D eigenvalue weighted by molar-refractivity contribution is 0.724. The molecule has 15 heavy (non-hydrogen) atoms. The van der Waals surface area contributed by atoms with Crippen LogP contribution in [0.1, 0.15) is 6.42 Å². The molecule has 0 aromatic carbocycles. The summed E-state index contributed by atoms with van der Waals surface area (Å²) in [5.74, 6) is 0. The molecule has 1 aliphatic heterocycles. The van der Waals surface area contributed by atoms with Crippen molar-refractivity contribution in [1.82, 2.24) is 10.3 Å². The second-order valence-electron chi connectivity index (χ2n) is 3.73. The van der Waals surface area contributed by atoms with Gasteiger partial charge in [-0.15, -0.1) is 0 Å². The van der Waals surface area contributed by atoms with E-state index in [2.05, 4.69) is 26.6 Å². The molecule has 0 radical (unpaired) electrons. The molecule has 1 aromatic heterocycles. The molecule has 0 amide bonds. The molecule has 0 atom stereocenters. The number of pyridine rings is 1. The molecule has 4 heteroatoms. The van der Waals surface area contributed by atoms with E-state index in [1.54, 1.807) is 0 Å². The maximum Gasteiger partial charge on any atom is 0.0761 e.